The molecule has 4 nitrogen and oxygen atoms in total. The van der Waals surface area contributed by atoms with Gasteiger partial charge in [0.05, 0.1) is 19.3 Å². The van der Waals surface area contributed by atoms with Gasteiger partial charge in [-0.25, -0.2) is 4.57 Å². The summed E-state index contributed by atoms with van der Waals surface area (Å²) in [5, 5.41) is 0. The van der Waals surface area contributed by atoms with Crippen molar-refractivity contribution in [3.63, 3.8) is 0 Å². The highest BCUT2D eigenvalue weighted by Gasteiger charge is 2.27. The van der Waals surface area contributed by atoms with Gasteiger partial charge in [-0.2, -0.15) is 0 Å². The van der Waals surface area contributed by atoms with Gasteiger partial charge in [0, 0.05) is 0 Å². The van der Waals surface area contributed by atoms with Crippen LogP contribution >= 0.6 is 7.82 Å². The van der Waals surface area contributed by atoms with E-state index in [2.05, 4.69) is 27.7 Å². The SMILES string of the molecule is CC(C)CCCCCOP(=O)(OCCCCCC(C)C)OC(C)C. The Morgan fingerprint density at radius 3 is 1.42 bits per heavy atom. The fraction of sp³-hybridized carbons (Fsp3) is 1.00. The lowest BCUT2D eigenvalue weighted by molar-refractivity contribution is 0.0882. The smallest absolute Gasteiger partial charge is 0.287 e. The Balaban J connectivity index is 3.97. The van der Waals surface area contributed by atoms with E-state index in [0.717, 1.165) is 37.5 Å². The zero-order chi connectivity index (χ0) is 18.4. The molecule has 0 aromatic carbocycles. The number of phosphoric ester groups is 1. The molecule has 0 aromatic heterocycles. The second kappa shape index (κ2) is 14.3. The molecule has 146 valence electrons. The van der Waals surface area contributed by atoms with Crippen LogP contribution in [0.15, 0.2) is 0 Å². The molecule has 0 saturated heterocycles. The van der Waals surface area contributed by atoms with Gasteiger partial charge in [0.15, 0.2) is 0 Å². The molecular weight excluding hydrogens is 323 g/mol. The molecule has 0 N–H and O–H groups in total. The summed E-state index contributed by atoms with van der Waals surface area (Å²) >= 11 is 0. The van der Waals surface area contributed by atoms with Crippen molar-refractivity contribution >= 4 is 7.82 Å². The van der Waals surface area contributed by atoms with Crippen molar-refractivity contribution in [2.75, 3.05) is 13.2 Å². The number of hydrogen-bond acceptors (Lipinski definition) is 4. The maximum absolute atomic E-state index is 12.6. The van der Waals surface area contributed by atoms with Crippen molar-refractivity contribution in [3.05, 3.63) is 0 Å². The minimum atomic E-state index is -3.41. The summed E-state index contributed by atoms with van der Waals surface area (Å²) < 4.78 is 29.1. The third-order valence-corrected chi connectivity index (χ3v) is 5.37. The number of rotatable bonds is 16. The fourth-order valence-electron chi connectivity index (χ4n) is 2.37. The Hall–Kier alpha value is 0.110. The molecule has 0 radical (unpaired) electrons. The predicted molar refractivity (Wildman–Crippen MR) is 102 cm³/mol. The van der Waals surface area contributed by atoms with Gasteiger partial charge in [0.1, 0.15) is 0 Å². The van der Waals surface area contributed by atoms with E-state index in [9.17, 15) is 4.57 Å². The van der Waals surface area contributed by atoms with Crippen LogP contribution in [0.4, 0.5) is 0 Å². The van der Waals surface area contributed by atoms with E-state index in [4.69, 9.17) is 13.6 Å². The predicted octanol–water partition coefficient (Wildman–Crippen LogP) is 6.99. The minimum Gasteiger partial charge on any atom is -0.287 e. The summed E-state index contributed by atoms with van der Waals surface area (Å²) in [5.41, 5.74) is 0. The molecule has 0 rings (SSSR count). The molecule has 0 aliphatic rings. The van der Waals surface area contributed by atoms with Crippen LogP contribution in [-0.2, 0) is 18.1 Å². The summed E-state index contributed by atoms with van der Waals surface area (Å²) in [7, 11) is -3.41. The van der Waals surface area contributed by atoms with E-state index in [1.165, 1.54) is 25.7 Å². The first-order valence-electron chi connectivity index (χ1n) is 9.82. The van der Waals surface area contributed by atoms with Crippen molar-refractivity contribution in [1.82, 2.24) is 0 Å². The van der Waals surface area contributed by atoms with E-state index in [-0.39, 0.29) is 6.10 Å². The van der Waals surface area contributed by atoms with Crippen LogP contribution in [0.2, 0.25) is 0 Å². The maximum Gasteiger partial charge on any atom is 0.475 e. The summed E-state index contributed by atoms with van der Waals surface area (Å²) in [4.78, 5) is 0. The third-order valence-electron chi connectivity index (χ3n) is 3.69. The lowest BCUT2D eigenvalue weighted by Gasteiger charge is -2.20. The van der Waals surface area contributed by atoms with Crippen LogP contribution in [0.25, 0.3) is 0 Å². The zero-order valence-corrected chi connectivity index (χ0v) is 17.8. The molecule has 0 aliphatic heterocycles. The topological polar surface area (TPSA) is 44.8 Å². The number of phosphoric acid groups is 1. The van der Waals surface area contributed by atoms with E-state index < -0.39 is 7.82 Å². The van der Waals surface area contributed by atoms with E-state index in [1.54, 1.807) is 0 Å². The fourth-order valence-corrected chi connectivity index (χ4v) is 3.79. The van der Waals surface area contributed by atoms with Crippen LogP contribution in [-0.4, -0.2) is 19.3 Å². The number of unbranched alkanes of at least 4 members (excludes halogenated alkanes) is 4. The van der Waals surface area contributed by atoms with E-state index in [1.807, 2.05) is 13.8 Å². The summed E-state index contributed by atoms with van der Waals surface area (Å²) in [6, 6.07) is 0. The monoisotopic (exact) mass is 364 g/mol. The first-order chi connectivity index (χ1) is 11.2. The molecule has 0 fully saturated rings. The van der Waals surface area contributed by atoms with Gasteiger partial charge in [0.2, 0.25) is 0 Å². The van der Waals surface area contributed by atoms with Gasteiger partial charge < -0.3 is 0 Å². The van der Waals surface area contributed by atoms with Gasteiger partial charge in [-0.05, 0) is 38.5 Å². The second-order valence-electron chi connectivity index (χ2n) is 7.75. The third kappa shape index (κ3) is 15.6. The Kier molecular flexibility index (Phi) is 14.4. The normalized spacial score (nSPS) is 12.7. The quantitative estimate of drug-likeness (QED) is 0.219. The van der Waals surface area contributed by atoms with Gasteiger partial charge in [0.25, 0.3) is 0 Å². The van der Waals surface area contributed by atoms with Crippen molar-refractivity contribution < 1.29 is 18.1 Å². The maximum atomic E-state index is 12.6. The molecule has 0 amide bonds. The highest BCUT2D eigenvalue weighted by Crippen LogP contribution is 2.50. The molecule has 0 saturated carbocycles. The molecule has 5 heteroatoms. The van der Waals surface area contributed by atoms with Crippen molar-refractivity contribution in [2.24, 2.45) is 11.8 Å². The van der Waals surface area contributed by atoms with Crippen LogP contribution in [0.5, 0.6) is 0 Å². The Morgan fingerprint density at radius 1 is 0.667 bits per heavy atom. The van der Waals surface area contributed by atoms with Crippen molar-refractivity contribution in [2.45, 2.75) is 99.0 Å². The molecule has 24 heavy (non-hydrogen) atoms. The lowest BCUT2D eigenvalue weighted by atomic mass is 10.1. The van der Waals surface area contributed by atoms with Crippen LogP contribution in [0.1, 0.15) is 92.9 Å². The van der Waals surface area contributed by atoms with Crippen molar-refractivity contribution in [3.8, 4) is 0 Å². The molecular formula is C19H41O4P. The van der Waals surface area contributed by atoms with Gasteiger partial charge in [-0.15, -0.1) is 0 Å². The van der Waals surface area contributed by atoms with Gasteiger partial charge in [-0.1, -0.05) is 66.2 Å². The molecule has 0 bridgehead atoms. The Morgan fingerprint density at radius 2 is 1.08 bits per heavy atom. The second-order valence-corrected chi connectivity index (χ2v) is 9.38. The zero-order valence-electron chi connectivity index (χ0n) is 16.9. The molecule has 0 aromatic rings. The molecule has 0 atom stereocenters. The largest absolute Gasteiger partial charge is 0.475 e. The van der Waals surface area contributed by atoms with Crippen LogP contribution < -0.4 is 0 Å². The molecule has 0 spiro atoms. The standard InChI is InChI=1S/C19H41O4P/c1-17(2)13-9-7-11-15-21-24(20,23-19(5)6)22-16-12-8-10-14-18(3)4/h17-19H,7-16H2,1-6H3. The first kappa shape index (κ1) is 24.1. The van der Waals surface area contributed by atoms with E-state index in [0.29, 0.717) is 13.2 Å². The van der Waals surface area contributed by atoms with E-state index >= 15 is 0 Å². The summed E-state index contributed by atoms with van der Waals surface area (Å²) in [5.74, 6) is 1.47. The summed E-state index contributed by atoms with van der Waals surface area (Å²) in [6.07, 6.45) is 8.65. The molecule has 0 unspecified atom stereocenters. The highest BCUT2D eigenvalue weighted by atomic mass is 31.2. The van der Waals surface area contributed by atoms with Crippen LogP contribution in [0.3, 0.4) is 0 Å². The van der Waals surface area contributed by atoms with Gasteiger partial charge >= 0.3 is 7.82 Å². The average molecular weight is 365 g/mol. The first-order valence-corrected chi connectivity index (χ1v) is 11.3. The van der Waals surface area contributed by atoms with Gasteiger partial charge in [-0.3, -0.25) is 13.6 Å². The highest BCUT2D eigenvalue weighted by molar-refractivity contribution is 7.48. The Labute approximate surface area is 150 Å². The minimum absolute atomic E-state index is 0.169. The van der Waals surface area contributed by atoms with Crippen molar-refractivity contribution in [1.29, 1.82) is 0 Å². The Bertz CT molecular complexity index is 305. The summed E-state index contributed by atoms with van der Waals surface area (Å²) in [6.45, 7) is 13.5. The number of hydrogen-bond donors (Lipinski definition) is 0. The van der Waals surface area contributed by atoms with Crippen LogP contribution in [0, 0.1) is 11.8 Å². The molecule has 0 aliphatic carbocycles. The average Bonchev–Trinajstić information content (AvgIpc) is 2.45. The lowest BCUT2D eigenvalue weighted by Crippen LogP contribution is -2.08. The molecule has 0 heterocycles.